The Morgan fingerprint density at radius 1 is 0.556 bits per heavy atom. The molecule has 0 nitrogen and oxygen atoms in total. The van der Waals surface area contributed by atoms with E-state index in [1.807, 2.05) is 10.4 Å². The molecule has 0 bridgehead atoms. The van der Waals surface area contributed by atoms with Gasteiger partial charge in [-0.3, -0.25) is 0 Å². The Bertz CT molecular complexity index is 501. The van der Waals surface area contributed by atoms with Crippen LogP contribution < -0.4 is 10.4 Å². The molecule has 0 saturated heterocycles. The summed E-state index contributed by atoms with van der Waals surface area (Å²) in [5.41, 5.74) is 1.65. The van der Waals surface area contributed by atoms with E-state index in [-0.39, 0.29) is 0 Å². The minimum atomic E-state index is -1.42. The second kappa shape index (κ2) is 12.3. The molecule has 2 heteroatoms. The van der Waals surface area contributed by atoms with Crippen molar-refractivity contribution in [3.63, 3.8) is 0 Å². The van der Waals surface area contributed by atoms with Gasteiger partial charge in [0, 0.05) is 0 Å². The van der Waals surface area contributed by atoms with Gasteiger partial charge >= 0.3 is 0 Å². The van der Waals surface area contributed by atoms with E-state index in [0.29, 0.717) is 0 Å². The van der Waals surface area contributed by atoms with Crippen molar-refractivity contribution in [1.29, 1.82) is 0 Å². The Morgan fingerprint density at radius 2 is 0.926 bits per heavy atom. The van der Waals surface area contributed by atoms with Crippen LogP contribution in [0.4, 0.5) is 0 Å². The highest BCUT2D eigenvalue weighted by molar-refractivity contribution is 7.01. The number of hydrogen-bond acceptors (Lipinski definition) is 0. The molecule has 0 aromatic heterocycles. The molecule has 1 aromatic carbocycles. The molecule has 0 radical (unpaired) electrons. The zero-order valence-electron chi connectivity index (χ0n) is 19.7. The first-order valence-electron chi connectivity index (χ1n) is 12.1. The molecule has 27 heavy (non-hydrogen) atoms. The number of rotatable bonds is 14. The van der Waals surface area contributed by atoms with Gasteiger partial charge in [0.1, 0.15) is 0 Å². The van der Waals surface area contributed by atoms with Gasteiger partial charge in [-0.15, -0.1) is 0 Å². The summed E-state index contributed by atoms with van der Waals surface area (Å²) in [6.45, 7) is 17.0. The van der Waals surface area contributed by atoms with E-state index in [1.54, 1.807) is 5.56 Å². The van der Waals surface area contributed by atoms with Crippen molar-refractivity contribution in [2.75, 3.05) is 0 Å². The Morgan fingerprint density at radius 3 is 1.30 bits per heavy atom. The third-order valence-electron chi connectivity index (χ3n) is 6.75. The van der Waals surface area contributed by atoms with E-state index in [4.69, 9.17) is 0 Å². The maximum absolute atomic E-state index is 2.62. The Hall–Kier alpha value is -0.346. The molecule has 0 amide bonds. The van der Waals surface area contributed by atoms with Crippen LogP contribution in [0.3, 0.4) is 0 Å². The summed E-state index contributed by atoms with van der Waals surface area (Å²) in [6.07, 6.45) is 8.19. The SMILES string of the molecule is CCC[Si](CCC)(CCC)c1cccc(C)c1[Si](CCC)(CCC)CCC. The average Bonchev–Trinajstić information content (AvgIpc) is 2.62. The fourth-order valence-electron chi connectivity index (χ4n) is 6.21. The number of aryl methyl sites for hydroxylation is 1. The molecule has 0 aliphatic carbocycles. The van der Waals surface area contributed by atoms with Crippen LogP contribution in [-0.4, -0.2) is 16.1 Å². The summed E-state index contributed by atoms with van der Waals surface area (Å²) >= 11 is 0. The summed E-state index contributed by atoms with van der Waals surface area (Å²) in [7, 11) is -2.83. The molecule has 0 atom stereocenters. The summed E-state index contributed by atoms with van der Waals surface area (Å²) < 4.78 is 0. The molecule has 0 fully saturated rings. The monoisotopic (exact) mass is 404 g/mol. The molecule has 0 spiro atoms. The summed E-state index contributed by atoms with van der Waals surface area (Å²) in [4.78, 5) is 0. The molecule has 0 aliphatic rings. The quantitative estimate of drug-likeness (QED) is 0.278. The van der Waals surface area contributed by atoms with Crippen molar-refractivity contribution < 1.29 is 0 Å². The Labute approximate surface area is 173 Å². The highest BCUT2D eigenvalue weighted by atomic mass is 28.3. The lowest BCUT2D eigenvalue weighted by molar-refractivity contribution is 0.930. The number of benzene rings is 1. The van der Waals surface area contributed by atoms with Crippen molar-refractivity contribution >= 4 is 26.5 Å². The molecule has 0 aliphatic heterocycles. The van der Waals surface area contributed by atoms with Gasteiger partial charge in [-0.2, -0.15) is 0 Å². The van der Waals surface area contributed by atoms with E-state index < -0.39 is 16.1 Å². The van der Waals surface area contributed by atoms with E-state index >= 15 is 0 Å². The van der Waals surface area contributed by atoms with Crippen molar-refractivity contribution in [3.8, 4) is 0 Å². The smallest absolute Gasteiger partial charge is 0.0656 e. The minimum Gasteiger partial charge on any atom is -0.0656 e. The molecular formula is C25H48Si2. The topological polar surface area (TPSA) is 0 Å². The zero-order valence-corrected chi connectivity index (χ0v) is 21.7. The van der Waals surface area contributed by atoms with Gasteiger partial charge < -0.3 is 0 Å². The predicted octanol–water partition coefficient (Wildman–Crippen LogP) is 7.77. The van der Waals surface area contributed by atoms with Crippen LogP contribution in [-0.2, 0) is 0 Å². The molecule has 156 valence electrons. The van der Waals surface area contributed by atoms with Gasteiger partial charge in [-0.05, 0) is 6.92 Å². The molecule has 0 N–H and O–H groups in total. The summed E-state index contributed by atoms with van der Waals surface area (Å²) in [6, 6.07) is 16.5. The first kappa shape index (κ1) is 24.7. The maximum atomic E-state index is 2.62. The van der Waals surface area contributed by atoms with Crippen LogP contribution in [0.15, 0.2) is 18.2 Å². The molecule has 1 aromatic rings. The van der Waals surface area contributed by atoms with E-state index in [1.165, 1.54) is 74.8 Å². The molecule has 0 heterocycles. The van der Waals surface area contributed by atoms with E-state index in [2.05, 4.69) is 66.7 Å². The standard InChI is InChI=1S/C25H48Si2/c1-8-17-26(18-9-2,19-10-3)24-16-14-15-23(7)25(24)27(20-11-4,21-12-5)22-13-6/h14-16H,8-13,17-22H2,1-7H3. The molecule has 1 rings (SSSR count). The van der Waals surface area contributed by atoms with E-state index in [0.717, 1.165) is 0 Å². The second-order valence-electron chi connectivity index (χ2n) is 9.06. The summed E-state index contributed by atoms with van der Waals surface area (Å²) in [5, 5.41) is 3.88. The van der Waals surface area contributed by atoms with Crippen LogP contribution >= 0.6 is 0 Å². The van der Waals surface area contributed by atoms with Crippen LogP contribution in [0, 0.1) is 6.92 Å². The lowest BCUT2D eigenvalue weighted by atomic mass is 10.2. The van der Waals surface area contributed by atoms with Gasteiger partial charge in [0.05, 0.1) is 16.1 Å². The zero-order chi connectivity index (χ0) is 20.3. The van der Waals surface area contributed by atoms with Crippen LogP contribution in [0.2, 0.25) is 36.3 Å². The third-order valence-corrected chi connectivity index (χ3v) is 19.0. The van der Waals surface area contributed by atoms with Gasteiger partial charge in [-0.1, -0.05) is 150 Å². The fourth-order valence-corrected chi connectivity index (χ4v) is 19.4. The molecule has 0 unspecified atom stereocenters. The number of hydrogen-bond donors (Lipinski definition) is 0. The summed E-state index contributed by atoms with van der Waals surface area (Å²) in [5.74, 6) is 0. The van der Waals surface area contributed by atoms with Gasteiger partial charge in [0.15, 0.2) is 0 Å². The van der Waals surface area contributed by atoms with Crippen LogP contribution in [0.5, 0.6) is 0 Å². The van der Waals surface area contributed by atoms with Gasteiger partial charge in [-0.25, -0.2) is 0 Å². The van der Waals surface area contributed by atoms with Crippen LogP contribution in [0.25, 0.3) is 0 Å². The molecular weight excluding hydrogens is 356 g/mol. The Balaban J connectivity index is 3.76. The Kier molecular flexibility index (Phi) is 11.2. The fraction of sp³-hybridized carbons (Fsp3) is 0.760. The maximum Gasteiger partial charge on any atom is 0.0868 e. The normalized spacial score (nSPS) is 12.6. The highest BCUT2D eigenvalue weighted by Crippen LogP contribution is 2.31. The average molecular weight is 405 g/mol. The van der Waals surface area contributed by atoms with Crippen molar-refractivity contribution in [3.05, 3.63) is 23.8 Å². The van der Waals surface area contributed by atoms with Gasteiger partial charge in [0.25, 0.3) is 0 Å². The first-order chi connectivity index (χ1) is 13.0. The van der Waals surface area contributed by atoms with Crippen molar-refractivity contribution in [2.45, 2.75) is 123 Å². The third kappa shape index (κ3) is 5.82. The second-order valence-corrected chi connectivity index (χ2v) is 18.2. The minimum absolute atomic E-state index is 1.36. The predicted molar refractivity (Wildman–Crippen MR) is 133 cm³/mol. The lowest BCUT2D eigenvalue weighted by Gasteiger charge is -2.41. The van der Waals surface area contributed by atoms with E-state index in [9.17, 15) is 0 Å². The van der Waals surface area contributed by atoms with Crippen molar-refractivity contribution in [1.82, 2.24) is 0 Å². The molecule has 0 saturated carbocycles. The van der Waals surface area contributed by atoms with Crippen LogP contribution in [0.1, 0.15) is 85.6 Å². The first-order valence-corrected chi connectivity index (χ1v) is 17.4. The largest absolute Gasteiger partial charge is 0.0868 e. The van der Waals surface area contributed by atoms with Gasteiger partial charge in [0.2, 0.25) is 0 Å². The highest BCUT2D eigenvalue weighted by Gasteiger charge is 2.41. The van der Waals surface area contributed by atoms with Crippen molar-refractivity contribution in [2.24, 2.45) is 0 Å². The lowest BCUT2D eigenvalue weighted by Crippen LogP contribution is -2.63.